The van der Waals surface area contributed by atoms with Gasteiger partial charge >= 0.3 is 5.97 Å². The molecule has 0 aliphatic rings. The molecule has 112 valence electrons. The standard InChI is InChI=1S/C15H22BrNO3/c1-15(2,3)20-14(18)11-8-12(16)10-13(9-11)17(4)6-7-19-5/h8-10H,6-7H2,1-5H3. The SMILES string of the molecule is COCCN(C)c1cc(Br)cc(C(=O)OC(C)(C)C)c1. The molecule has 4 nitrogen and oxygen atoms in total. The van der Waals surface area contributed by atoms with Gasteiger partial charge in [0.1, 0.15) is 5.60 Å². The van der Waals surface area contributed by atoms with Crippen LogP contribution in [0.3, 0.4) is 0 Å². The van der Waals surface area contributed by atoms with Gasteiger partial charge in [-0.2, -0.15) is 0 Å². The smallest absolute Gasteiger partial charge is 0.338 e. The molecule has 1 aromatic rings. The molecule has 0 heterocycles. The summed E-state index contributed by atoms with van der Waals surface area (Å²) in [6.45, 7) is 6.95. The zero-order chi connectivity index (χ0) is 15.3. The van der Waals surface area contributed by atoms with E-state index in [9.17, 15) is 4.79 Å². The van der Waals surface area contributed by atoms with E-state index in [1.165, 1.54) is 0 Å². The normalized spacial score (nSPS) is 11.3. The minimum Gasteiger partial charge on any atom is -0.456 e. The molecule has 0 aromatic heterocycles. The van der Waals surface area contributed by atoms with Crippen molar-refractivity contribution in [2.24, 2.45) is 0 Å². The number of halogens is 1. The van der Waals surface area contributed by atoms with Gasteiger partial charge in [0.25, 0.3) is 0 Å². The van der Waals surface area contributed by atoms with Gasteiger partial charge in [0.15, 0.2) is 0 Å². The van der Waals surface area contributed by atoms with Gasteiger partial charge in [0, 0.05) is 30.9 Å². The first kappa shape index (κ1) is 17.0. The second-order valence-electron chi connectivity index (χ2n) is 5.61. The highest BCUT2D eigenvalue weighted by molar-refractivity contribution is 9.10. The van der Waals surface area contributed by atoms with Gasteiger partial charge in [0.2, 0.25) is 0 Å². The lowest BCUT2D eigenvalue weighted by Crippen LogP contribution is -2.25. The Bertz CT molecular complexity index is 469. The van der Waals surface area contributed by atoms with Crippen LogP contribution in [-0.4, -0.2) is 38.9 Å². The zero-order valence-corrected chi connectivity index (χ0v) is 14.3. The van der Waals surface area contributed by atoms with E-state index in [4.69, 9.17) is 9.47 Å². The average molecular weight is 344 g/mol. The molecule has 1 aromatic carbocycles. The van der Waals surface area contributed by atoms with E-state index in [1.807, 2.05) is 44.9 Å². The van der Waals surface area contributed by atoms with E-state index in [-0.39, 0.29) is 5.97 Å². The Morgan fingerprint density at radius 2 is 1.95 bits per heavy atom. The molecule has 5 heteroatoms. The lowest BCUT2D eigenvalue weighted by Gasteiger charge is -2.22. The Labute approximate surface area is 129 Å². The number of methoxy groups -OCH3 is 1. The third-order valence-corrected chi connectivity index (χ3v) is 3.05. The summed E-state index contributed by atoms with van der Waals surface area (Å²) >= 11 is 3.43. The highest BCUT2D eigenvalue weighted by Crippen LogP contribution is 2.24. The van der Waals surface area contributed by atoms with Gasteiger partial charge in [-0.05, 0) is 39.0 Å². The Morgan fingerprint density at radius 1 is 1.30 bits per heavy atom. The number of esters is 1. The van der Waals surface area contributed by atoms with Gasteiger partial charge in [-0.3, -0.25) is 0 Å². The summed E-state index contributed by atoms with van der Waals surface area (Å²) in [7, 11) is 3.63. The molecule has 0 aliphatic carbocycles. The van der Waals surface area contributed by atoms with E-state index in [0.29, 0.717) is 12.2 Å². The Hall–Kier alpha value is -1.07. The van der Waals surface area contributed by atoms with Gasteiger partial charge in [-0.1, -0.05) is 15.9 Å². The molecule has 0 atom stereocenters. The first-order valence-corrected chi connectivity index (χ1v) is 7.26. The molecule has 0 radical (unpaired) electrons. The first-order valence-electron chi connectivity index (χ1n) is 6.47. The number of hydrogen-bond acceptors (Lipinski definition) is 4. The summed E-state index contributed by atoms with van der Waals surface area (Å²) in [5, 5.41) is 0. The number of hydrogen-bond donors (Lipinski definition) is 0. The summed E-state index contributed by atoms with van der Waals surface area (Å²) in [6, 6.07) is 5.56. The maximum Gasteiger partial charge on any atom is 0.338 e. The van der Waals surface area contributed by atoms with Gasteiger partial charge < -0.3 is 14.4 Å². The van der Waals surface area contributed by atoms with E-state index in [0.717, 1.165) is 16.7 Å². The summed E-state index contributed by atoms with van der Waals surface area (Å²) in [6.07, 6.45) is 0. The molecule has 0 unspecified atom stereocenters. The minimum absolute atomic E-state index is 0.319. The molecule has 20 heavy (non-hydrogen) atoms. The van der Waals surface area contributed by atoms with Crippen LogP contribution in [0.25, 0.3) is 0 Å². The van der Waals surface area contributed by atoms with Gasteiger partial charge in [0.05, 0.1) is 12.2 Å². The summed E-state index contributed by atoms with van der Waals surface area (Å²) in [5.74, 6) is -0.319. The van der Waals surface area contributed by atoms with Crippen LogP contribution in [0.4, 0.5) is 5.69 Å². The van der Waals surface area contributed by atoms with Crippen LogP contribution in [0.5, 0.6) is 0 Å². The zero-order valence-electron chi connectivity index (χ0n) is 12.7. The van der Waals surface area contributed by atoms with Crippen LogP contribution >= 0.6 is 15.9 Å². The van der Waals surface area contributed by atoms with E-state index < -0.39 is 5.60 Å². The third kappa shape index (κ3) is 5.51. The largest absolute Gasteiger partial charge is 0.456 e. The quantitative estimate of drug-likeness (QED) is 0.767. The number of rotatable bonds is 5. The van der Waals surface area contributed by atoms with Crippen molar-refractivity contribution < 1.29 is 14.3 Å². The second kappa shape index (κ2) is 7.09. The Balaban J connectivity index is 2.93. The van der Waals surface area contributed by atoms with Crippen molar-refractivity contribution in [2.75, 3.05) is 32.2 Å². The topological polar surface area (TPSA) is 38.8 Å². The van der Waals surface area contributed by atoms with Crippen LogP contribution in [0.1, 0.15) is 31.1 Å². The molecular formula is C15H22BrNO3. The Kier molecular flexibility index (Phi) is 6.02. The summed E-state index contributed by atoms with van der Waals surface area (Å²) in [4.78, 5) is 14.1. The van der Waals surface area contributed by atoms with Crippen molar-refractivity contribution in [3.8, 4) is 0 Å². The first-order chi connectivity index (χ1) is 9.23. The summed E-state index contributed by atoms with van der Waals surface area (Å²) in [5.41, 5.74) is 0.979. The molecule has 1 rings (SSSR count). The van der Waals surface area contributed by atoms with Crippen molar-refractivity contribution in [2.45, 2.75) is 26.4 Å². The molecule has 0 bridgehead atoms. The predicted molar refractivity (Wildman–Crippen MR) is 84.5 cm³/mol. The molecule has 0 fully saturated rings. The molecule has 0 amide bonds. The molecule has 0 saturated heterocycles. The average Bonchev–Trinajstić information content (AvgIpc) is 2.33. The van der Waals surface area contributed by atoms with Crippen molar-refractivity contribution in [3.05, 3.63) is 28.2 Å². The monoisotopic (exact) mass is 343 g/mol. The number of likely N-dealkylation sites (N-methyl/N-ethyl adjacent to an activating group) is 1. The predicted octanol–water partition coefficient (Wildman–Crippen LogP) is 3.49. The lowest BCUT2D eigenvalue weighted by atomic mass is 10.1. The number of anilines is 1. The molecule has 0 saturated carbocycles. The molecular weight excluding hydrogens is 322 g/mol. The van der Waals surface area contributed by atoms with Crippen LogP contribution in [0.2, 0.25) is 0 Å². The second-order valence-corrected chi connectivity index (χ2v) is 6.53. The number of carbonyl (C=O) groups is 1. The van der Waals surface area contributed by atoms with Crippen molar-refractivity contribution >= 4 is 27.6 Å². The highest BCUT2D eigenvalue weighted by atomic mass is 79.9. The molecule has 0 N–H and O–H groups in total. The lowest BCUT2D eigenvalue weighted by molar-refractivity contribution is 0.00695. The molecule has 0 spiro atoms. The summed E-state index contributed by atoms with van der Waals surface area (Å²) < 4.78 is 11.3. The van der Waals surface area contributed by atoms with Gasteiger partial charge in [-0.25, -0.2) is 4.79 Å². The van der Waals surface area contributed by atoms with Crippen LogP contribution < -0.4 is 4.90 Å². The number of benzene rings is 1. The fraction of sp³-hybridized carbons (Fsp3) is 0.533. The maximum atomic E-state index is 12.1. The van der Waals surface area contributed by atoms with Crippen molar-refractivity contribution in [3.63, 3.8) is 0 Å². The van der Waals surface area contributed by atoms with E-state index in [2.05, 4.69) is 15.9 Å². The van der Waals surface area contributed by atoms with Crippen molar-refractivity contribution in [1.29, 1.82) is 0 Å². The van der Waals surface area contributed by atoms with Crippen LogP contribution in [0.15, 0.2) is 22.7 Å². The highest BCUT2D eigenvalue weighted by Gasteiger charge is 2.19. The van der Waals surface area contributed by atoms with Crippen LogP contribution in [-0.2, 0) is 9.47 Å². The van der Waals surface area contributed by atoms with Crippen molar-refractivity contribution in [1.82, 2.24) is 0 Å². The van der Waals surface area contributed by atoms with E-state index >= 15 is 0 Å². The maximum absolute atomic E-state index is 12.1. The van der Waals surface area contributed by atoms with Crippen LogP contribution in [0, 0.1) is 0 Å². The number of nitrogens with zero attached hydrogens (tertiary/aromatic N) is 1. The van der Waals surface area contributed by atoms with Gasteiger partial charge in [-0.15, -0.1) is 0 Å². The van der Waals surface area contributed by atoms with E-state index in [1.54, 1.807) is 13.2 Å². The Morgan fingerprint density at radius 3 is 2.50 bits per heavy atom. The third-order valence-electron chi connectivity index (χ3n) is 2.59. The number of carbonyl (C=O) groups excluding carboxylic acids is 1. The molecule has 0 aliphatic heterocycles. The number of ether oxygens (including phenoxy) is 2. The fourth-order valence-corrected chi connectivity index (χ4v) is 2.09. The minimum atomic E-state index is -0.498. The fourth-order valence-electron chi connectivity index (χ4n) is 1.61.